The van der Waals surface area contributed by atoms with Crippen molar-refractivity contribution in [3.05, 3.63) is 53.3 Å². The Kier molecular flexibility index (Phi) is 4.87. The van der Waals surface area contributed by atoms with Gasteiger partial charge in [0.25, 0.3) is 10.0 Å². The number of aryl methyl sites for hydroxylation is 1. The molecule has 0 amide bonds. The summed E-state index contributed by atoms with van der Waals surface area (Å²) in [6.45, 7) is 1.45. The van der Waals surface area contributed by atoms with Crippen molar-refractivity contribution in [2.24, 2.45) is 0 Å². The zero-order valence-electron chi connectivity index (χ0n) is 13.1. The van der Waals surface area contributed by atoms with Crippen molar-refractivity contribution in [3.63, 3.8) is 0 Å². The summed E-state index contributed by atoms with van der Waals surface area (Å²) < 4.78 is 63.9. The number of benzene rings is 2. The monoisotopic (exact) mass is 387 g/mol. The lowest BCUT2D eigenvalue weighted by Crippen LogP contribution is -2.16. The first-order chi connectivity index (χ1) is 11.4. The highest BCUT2D eigenvalue weighted by Crippen LogP contribution is 2.25. The second-order valence-electron chi connectivity index (χ2n) is 5.30. The molecular weight excluding hydrogens is 373 g/mol. The van der Waals surface area contributed by atoms with E-state index in [0.717, 1.165) is 30.5 Å². The van der Waals surface area contributed by atoms with Gasteiger partial charge in [-0.1, -0.05) is 6.07 Å². The first kappa shape index (κ1) is 18.9. The lowest BCUT2D eigenvalue weighted by molar-refractivity contribution is 0.0696. The number of halogens is 1. The van der Waals surface area contributed by atoms with Crippen LogP contribution in [0.1, 0.15) is 15.9 Å². The van der Waals surface area contributed by atoms with Gasteiger partial charge in [0.05, 0.1) is 21.0 Å². The Balaban J connectivity index is 2.53. The van der Waals surface area contributed by atoms with Crippen LogP contribution in [0.15, 0.2) is 46.2 Å². The molecule has 0 heterocycles. The largest absolute Gasteiger partial charge is 0.478 e. The number of carboxylic acids is 1. The Morgan fingerprint density at radius 1 is 1.08 bits per heavy atom. The molecule has 7 nitrogen and oxygen atoms in total. The molecule has 0 aromatic heterocycles. The fraction of sp³-hybridized carbons (Fsp3) is 0.133. The summed E-state index contributed by atoms with van der Waals surface area (Å²) >= 11 is 0. The summed E-state index contributed by atoms with van der Waals surface area (Å²) in [5.41, 5.74) is -0.559. The molecule has 0 unspecified atom stereocenters. The van der Waals surface area contributed by atoms with Gasteiger partial charge in [-0.2, -0.15) is 0 Å². The van der Waals surface area contributed by atoms with Crippen LogP contribution in [0.4, 0.5) is 10.1 Å². The number of anilines is 1. The number of carbonyl (C=O) groups is 1. The highest BCUT2D eigenvalue weighted by Gasteiger charge is 2.21. The van der Waals surface area contributed by atoms with Crippen LogP contribution in [-0.2, 0) is 19.9 Å². The Morgan fingerprint density at radius 2 is 1.72 bits per heavy atom. The maximum absolute atomic E-state index is 13.9. The zero-order valence-corrected chi connectivity index (χ0v) is 14.8. The zero-order chi connectivity index (χ0) is 19.0. The predicted molar refractivity (Wildman–Crippen MR) is 88.5 cm³/mol. The smallest absolute Gasteiger partial charge is 0.335 e. The first-order valence-electron chi connectivity index (χ1n) is 6.78. The molecule has 0 radical (unpaired) electrons. The van der Waals surface area contributed by atoms with Crippen LogP contribution in [0.5, 0.6) is 0 Å². The number of aromatic carboxylic acids is 1. The molecule has 2 rings (SSSR count). The maximum atomic E-state index is 13.9. The number of rotatable bonds is 5. The average Bonchev–Trinajstić information content (AvgIpc) is 2.48. The highest BCUT2D eigenvalue weighted by atomic mass is 32.2. The number of nitrogens with one attached hydrogen (secondary N) is 1. The van der Waals surface area contributed by atoms with E-state index in [1.165, 1.54) is 19.1 Å². The van der Waals surface area contributed by atoms with Gasteiger partial charge in [-0.3, -0.25) is 4.72 Å². The molecule has 134 valence electrons. The molecule has 0 aliphatic heterocycles. The first-order valence-corrected chi connectivity index (χ1v) is 10.2. The quantitative estimate of drug-likeness (QED) is 0.758. The van der Waals surface area contributed by atoms with E-state index in [0.29, 0.717) is 0 Å². The van der Waals surface area contributed by atoms with Crippen LogP contribution < -0.4 is 4.72 Å². The molecule has 2 aromatic rings. The van der Waals surface area contributed by atoms with E-state index in [2.05, 4.69) is 0 Å². The van der Waals surface area contributed by atoms with Gasteiger partial charge in [0, 0.05) is 6.26 Å². The standard InChI is InChI=1S/C15H14FNO6S2/c1-9-3-4-10(15(18)19)7-14(9)25(22,23)17-13-8-11(24(2,20)21)5-6-12(13)16/h3-8,17H,1-2H3,(H,18,19). The lowest BCUT2D eigenvalue weighted by atomic mass is 10.1. The number of carboxylic acid groups (broad SMARTS) is 1. The normalized spacial score (nSPS) is 12.0. The van der Waals surface area contributed by atoms with Crippen LogP contribution in [0.3, 0.4) is 0 Å². The SMILES string of the molecule is Cc1ccc(C(=O)O)cc1S(=O)(=O)Nc1cc(S(C)(=O)=O)ccc1F. The fourth-order valence-electron chi connectivity index (χ4n) is 2.04. The van der Waals surface area contributed by atoms with E-state index >= 15 is 0 Å². The summed E-state index contributed by atoms with van der Waals surface area (Å²) in [4.78, 5) is 10.4. The van der Waals surface area contributed by atoms with Crippen molar-refractivity contribution in [1.29, 1.82) is 0 Å². The van der Waals surface area contributed by atoms with Crippen LogP contribution >= 0.6 is 0 Å². The summed E-state index contributed by atoms with van der Waals surface area (Å²) in [7, 11) is -8.00. The Morgan fingerprint density at radius 3 is 2.28 bits per heavy atom. The average molecular weight is 387 g/mol. The molecule has 0 atom stereocenters. The minimum absolute atomic E-state index is 0.247. The van der Waals surface area contributed by atoms with E-state index in [4.69, 9.17) is 5.11 Å². The van der Waals surface area contributed by atoms with Gasteiger partial charge in [-0.05, 0) is 42.8 Å². The Labute approximate surface area is 144 Å². The van der Waals surface area contributed by atoms with E-state index in [1.54, 1.807) is 0 Å². The molecule has 0 fully saturated rings. The third-order valence-electron chi connectivity index (χ3n) is 3.33. The van der Waals surface area contributed by atoms with Crippen LogP contribution in [0, 0.1) is 12.7 Å². The third kappa shape index (κ3) is 4.15. The van der Waals surface area contributed by atoms with E-state index in [-0.39, 0.29) is 20.9 Å². The van der Waals surface area contributed by atoms with Crippen LogP contribution in [0.25, 0.3) is 0 Å². The van der Waals surface area contributed by atoms with Crippen LogP contribution in [0.2, 0.25) is 0 Å². The van der Waals surface area contributed by atoms with Gasteiger partial charge in [0.15, 0.2) is 9.84 Å². The summed E-state index contributed by atoms with van der Waals surface area (Å²) in [5.74, 6) is -2.29. The van der Waals surface area contributed by atoms with Crippen molar-refractivity contribution < 1.29 is 31.1 Å². The summed E-state index contributed by atoms with van der Waals surface area (Å²) in [6, 6.07) is 6.19. The van der Waals surface area contributed by atoms with E-state index in [1.807, 2.05) is 4.72 Å². The van der Waals surface area contributed by atoms with Crippen molar-refractivity contribution >= 4 is 31.5 Å². The lowest BCUT2D eigenvalue weighted by Gasteiger charge is -2.12. The molecule has 0 aliphatic rings. The van der Waals surface area contributed by atoms with Crippen molar-refractivity contribution in [2.75, 3.05) is 11.0 Å². The Hall–Kier alpha value is -2.46. The van der Waals surface area contributed by atoms with Crippen molar-refractivity contribution in [2.45, 2.75) is 16.7 Å². The molecule has 10 heteroatoms. The molecule has 0 bridgehead atoms. The van der Waals surface area contributed by atoms with Gasteiger partial charge in [0.2, 0.25) is 0 Å². The molecule has 2 N–H and O–H groups in total. The summed E-state index contributed by atoms with van der Waals surface area (Å²) in [5, 5.41) is 8.98. The molecule has 0 spiro atoms. The second kappa shape index (κ2) is 6.45. The minimum atomic E-state index is -4.33. The number of hydrogen-bond acceptors (Lipinski definition) is 5. The maximum Gasteiger partial charge on any atom is 0.335 e. The van der Waals surface area contributed by atoms with Gasteiger partial charge >= 0.3 is 5.97 Å². The Bertz CT molecular complexity index is 1060. The predicted octanol–water partition coefficient (Wildman–Crippen LogP) is 2.04. The van der Waals surface area contributed by atoms with Gasteiger partial charge < -0.3 is 5.11 Å². The fourth-order valence-corrected chi connectivity index (χ4v) is 4.01. The highest BCUT2D eigenvalue weighted by molar-refractivity contribution is 7.92. The van der Waals surface area contributed by atoms with E-state index in [9.17, 15) is 26.0 Å². The molecular formula is C15H14FNO6S2. The molecule has 0 saturated heterocycles. The van der Waals surface area contributed by atoms with Gasteiger partial charge in [-0.15, -0.1) is 0 Å². The third-order valence-corrected chi connectivity index (χ3v) is 5.95. The van der Waals surface area contributed by atoms with Crippen molar-refractivity contribution in [1.82, 2.24) is 0 Å². The molecule has 0 saturated carbocycles. The van der Waals surface area contributed by atoms with E-state index < -0.39 is 37.3 Å². The molecule has 2 aromatic carbocycles. The molecule has 25 heavy (non-hydrogen) atoms. The minimum Gasteiger partial charge on any atom is -0.478 e. The number of hydrogen-bond donors (Lipinski definition) is 2. The van der Waals surface area contributed by atoms with Crippen molar-refractivity contribution in [3.8, 4) is 0 Å². The topological polar surface area (TPSA) is 118 Å². The number of sulfonamides is 1. The summed E-state index contributed by atoms with van der Waals surface area (Å²) in [6.07, 6.45) is 0.902. The van der Waals surface area contributed by atoms with Gasteiger partial charge in [-0.25, -0.2) is 26.0 Å². The van der Waals surface area contributed by atoms with Gasteiger partial charge in [0.1, 0.15) is 5.82 Å². The van der Waals surface area contributed by atoms with Crippen LogP contribution in [-0.4, -0.2) is 34.2 Å². The molecule has 0 aliphatic carbocycles. The second-order valence-corrected chi connectivity index (χ2v) is 8.97. The number of sulfone groups is 1.